The number of benzene rings is 2. The molecule has 0 aliphatic carbocycles. The fourth-order valence-corrected chi connectivity index (χ4v) is 2.13. The third-order valence-electron chi connectivity index (χ3n) is 3.21. The van der Waals surface area contributed by atoms with Crippen LogP contribution < -0.4 is 20.7 Å². The van der Waals surface area contributed by atoms with Crippen LogP contribution >= 0.6 is 0 Å². The van der Waals surface area contributed by atoms with Gasteiger partial charge < -0.3 is 20.1 Å². The quantitative estimate of drug-likeness (QED) is 0.551. The van der Waals surface area contributed by atoms with Crippen molar-refractivity contribution in [3.63, 3.8) is 0 Å². The third-order valence-corrected chi connectivity index (χ3v) is 3.21. The summed E-state index contributed by atoms with van der Waals surface area (Å²) in [5.41, 5.74) is 0.746. The molecule has 0 aliphatic heterocycles. The number of rotatable bonds is 4. The van der Waals surface area contributed by atoms with E-state index in [1.165, 1.54) is 21.0 Å². The molecule has 0 saturated heterocycles. The van der Waals surface area contributed by atoms with Crippen LogP contribution in [0.2, 0.25) is 0 Å². The van der Waals surface area contributed by atoms with Crippen molar-refractivity contribution in [2.24, 2.45) is 4.99 Å². The second-order valence-electron chi connectivity index (χ2n) is 5.52. The van der Waals surface area contributed by atoms with E-state index in [0.29, 0.717) is 22.9 Å². The van der Waals surface area contributed by atoms with Gasteiger partial charge in [-0.2, -0.15) is 4.99 Å². The maximum Gasteiger partial charge on any atom is 0.413 e. The van der Waals surface area contributed by atoms with Crippen molar-refractivity contribution in [1.29, 1.82) is 0 Å². The Kier molecular flexibility index (Phi) is 7.09. The molecule has 0 atom stereocenters. The zero-order valence-electron chi connectivity index (χ0n) is 15.6. The van der Waals surface area contributed by atoms with Crippen LogP contribution in [-0.2, 0) is 14.3 Å². The van der Waals surface area contributed by atoms with Crippen LogP contribution in [0, 0.1) is 0 Å². The van der Waals surface area contributed by atoms with E-state index in [0.717, 1.165) is 0 Å². The van der Waals surface area contributed by atoms with E-state index in [9.17, 15) is 14.4 Å². The monoisotopic (exact) mass is 384 g/mol. The topological polar surface area (TPSA) is 118 Å². The van der Waals surface area contributed by atoms with Crippen LogP contribution in [0.5, 0.6) is 11.5 Å². The van der Waals surface area contributed by atoms with Gasteiger partial charge in [-0.3, -0.25) is 14.9 Å². The zero-order chi connectivity index (χ0) is 20.5. The van der Waals surface area contributed by atoms with Crippen LogP contribution in [-0.4, -0.2) is 31.0 Å². The number of alkyl carbamates (subject to hydrolysis) is 1. The Balaban J connectivity index is 2.31. The summed E-state index contributed by atoms with van der Waals surface area (Å²) in [6.45, 7) is 2.58. The van der Waals surface area contributed by atoms with E-state index < -0.39 is 12.0 Å². The van der Waals surface area contributed by atoms with Gasteiger partial charge in [-0.15, -0.1) is 0 Å². The number of hydrogen-bond donors (Lipinski definition) is 3. The minimum atomic E-state index is -0.808. The zero-order valence-corrected chi connectivity index (χ0v) is 15.6. The second kappa shape index (κ2) is 9.72. The number of carbonyl (C=O) groups excluding carboxylic acids is 3. The van der Waals surface area contributed by atoms with Crippen molar-refractivity contribution in [3.8, 4) is 11.5 Å². The number of nitrogens with zero attached hydrogens (tertiary/aromatic N) is 1. The molecule has 0 radical (unpaired) electrons. The first kappa shape index (κ1) is 20.4. The number of nitrogens with one attached hydrogen (secondary N) is 3. The molecule has 2 rings (SSSR count). The van der Waals surface area contributed by atoms with Crippen molar-refractivity contribution in [2.45, 2.75) is 13.8 Å². The summed E-state index contributed by atoms with van der Waals surface area (Å²) in [7, 11) is 1.18. The van der Waals surface area contributed by atoms with Gasteiger partial charge in [0.2, 0.25) is 17.8 Å². The average Bonchev–Trinajstić information content (AvgIpc) is 2.63. The number of para-hydroxylation sites is 1. The first-order valence-corrected chi connectivity index (χ1v) is 8.23. The molecule has 9 heteroatoms. The number of carbonyl (C=O) groups is 3. The molecule has 3 N–H and O–H groups in total. The van der Waals surface area contributed by atoms with Crippen molar-refractivity contribution in [3.05, 3.63) is 48.5 Å². The second-order valence-corrected chi connectivity index (χ2v) is 5.52. The molecule has 0 spiro atoms. The molecule has 3 amide bonds. The highest BCUT2D eigenvalue weighted by molar-refractivity contribution is 6.08. The highest BCUT2D eigenvalue weighted by Gasteiger charge is 2.12. The molecule has 0 aliphatic rings. The number of anilines is 2. The van der Waals surface area contributed by atoms with Gasteiger partial charge >= 0.3 is 6.09 Å². The lowest BCUT2D eigenvalue weighted by Gasteiger charge is -2.16. The van der Waals surface area contributed by atoms with Crippen LogP contribution in [0.4, 0.5) is 16.2 Å². The van der Waals surface area contributed by atoms with Crippen molar-refractivity contribution >= 4 is 35.2 Å². The average molecular weight is 384 g/mol. The molecule has 2 aromatic carbocycles. The fraction of sp³-hybridized carbons (Fsp3) is 0.158. The van der Waals surface area contributed by atoms with Gasteiger partial charge in [-0.25, -0.2) is 4.79 Å². The van der Waals surface area contributed by atoms with Gasteiger partial charge in [0.15, 0.2) is 0 Å². The highest BCUT2D eigenvalue weighted by atomic mass is 16.5. The lowest BCUT2D eigenvalue weighted by molar-refractivity contribution is -0.116. The summed E-state index contributed by atoms with van der Waals surface area (Å²) in [5.74, 6) is 0.104. The number of ether oxygens (including phenoxy) is 2. The Bertz CT molecular complexity index is 896. The fourth-order valence-electron chi connectivity index (χ4n) is 2.13. The Hall–Kier alpha value is -3.88. The van der Waals surface area contributed by atoms with Gasteiger partial charge in [0, 0.05) is 19.9 Å². The molecule has 0 heterocycles. The van der Waals surface area contributed by atoms with Gasteiger partial charge in [0.05, 0.1) is 18.5 Å². The van der Waals surface area contributed by atoms with Gasteiger partial charge in [-0.05, 0) is 24.3 Å². The predicted octanol–water partition coefficient (Wildman–Crippen LogP) is 3.11. The Labute approximate surface area is 161 Å². The maximum atomic E-state index is 11.6. The number of methoxy groups -OCH3 is 1. The number of amides is 3. The molecule has 0 saturated carbocycles. The van der Waals surface area contributed by atoms with E-state index >= 15 is 0 Å². The van der Waals surface area contributed by atoms with E-state index in [4.69, 9.17) is 4.74 Å². The Morgan fingerprint density at radius 3 is 2.21 bits per heavy atom. The third kappa shape index (κ3) is 6.45. The van der Waals surface area contributed by atoms with Crippen LogP contribution in [0.15, 0.2) is 53.5 Å². The molecule has 0 fully saturated rings. The normalized spacial score (nSPS) is 10.6. The van der Waals surface area contributed by atoms with Gasteiger partial charge in [-0.1, -0.05) is 18.2 Å². The van der Waals surface area contributed by atoms with Gasteiger partial charge in [0.25, 0.3) is 0 Å². The molecule has 146 valence electrons. The van der Waals surface area contributed by atoms with E-state index in [1.54, 1.807) is 30.3 Å². The molecule has 2 aromatic rings. The minimum absolute atomic E-state index is 0.150. The predicted molar refractivity (Wildman–Crippen MR) is 105 cm³/mol. The smallest absolute Gasteiger partial charge is 0.413 e. The van der Waals surface area contributed by atoms with E-state index in [2.05, 4.69) is 25.7 Å². The Morgan fingerprint density at radius 2 is 1.61 bits per heavy atom. The van der Waals surface area contributed by atoms with Crippen molar-refractivity contribution in [1.82, 2.24) is 5.32 Å². The summed E-state index contributed by atoms with van der Waals surface area (Å²) in [6, 6.07) is 14.0. The van der Waals surface area contributed by atoms with Crippen molar-refractivity contribution < 1.29 is 23.9 Å². The van der Waals surface area contributed by atoms with E-state index in [1.807, 2.05) is 18.2 Å². The lowest BCUT2D eigenvalue weighted by atomic mass is 10.2. The van der Waals surface area contributed by atoms with E-state index in [-0.39, 0.29) is 11.9 Å². The maximum absolute atomic E-state index is 11.6. The molecule has 0 aromatic heterocycles. The summed E-state index contributed by atoms with van der Waals surface area (Å²) in [6.07, 6.45) is -0.808. The minimum Gasteiger partial charge on any atom is -0.457 e. The Morgan fingerprint density at radius 1 is 0.893 bits per heavy atom. The number of guanidine groups is 1. The van der Waals surface area contributed by atoms with Crippen LogP contribution in [0.1, 0.15) is 13.8 Å². The van der Waals surface area contributed by atoms with Crippen LogP contribution in [0.25, 0.3) is 0 Å². The molecule has 0 bridgehead atoms. The molecule has 9 nitrogen and oxygen atoms in total. The van der Waals surface area contributed by atoms with Crippen molar-refractivity contribution in [2.75, 3.05) is 17.7 Å². The first-order chi connectivity index (χ1) is 13.4. The number of aliphatic imine (C=N–C) groups is 1. The number of hydrogen-bond acceptors (Lipinski definition) is 5. The molecule has 0 unspecified atom stereocenters. The first-order valence-electron chi connectivity index (χ1n) is 8.23. The van der Waals surface area contributed by atoms with Crippen LogP contribution in [0.3, 0.4) is 0 Å². The summed E-state index contributed by atoms with van der Waals surface area (Å²) < 4.78 is 10.3. The highest BCUT2D eigenvalue weighted by Crippen LogP contribution is 2.30. The SMILES string of the molecule is COC(=O)NC(=NC(C)=O)Nc1ccc(Oc2ccccc2)cc1NC(C)=O. The lowest BCUT2D eigenvalue weighted by Crippen LogP contribution is -2.36. The molecular weight excluding hydrogens is 364 g/mol. The van der Waals surface area contributed by atoms with Gasteiger partial charge in [0.1, 0.15) is 11.5 Å². The standard InChI is InChI=1S/C19H20N4O5/c1-12(24)20-17-11-15(28-14-7-5-4-6-8-14)9-10-16(17)22-18(21-13(2)25)23-19(26)27-3/h4-11H,1-3H3,(H,20,24)(H2,21,22,23,25,26). The molecular formula is C19H20N4O5. The largest absolute Gasteiger partial charge is 0.457 e. The summed E-state index contributed by atoms with van der Waals surface area (Å²) in [5, 5.41) is 7.74. The summed E-state index contributed by atoms with van der Waals surface area (Å²) in [4.78, 5) is 38.0. The molecule has 28 heavy (non-hydrogen) atoms. The summed E-state index contributed by atoms with van der Waals surface area (Å²) >= 11 is 0.